The van der Waals surface area contributed by atoms with Crippen molar-refractivity contribution in [1.82, 2.24) is 4.90 Å². The second-order valence-corrected chi connectivity index (χ2v) is 10.3. The van der Waals surface area contributed by atoms with Crippen molar-refractivity contribution in [2.75, 3.05) is 13.2 Å². The van der Waals surface area contributed by atoms with E-state index in [0.717, 1.165) is 50.3 Å². The molecule has 4 rings (SSSR count). The molecule has 1 atom stereocenters. The molecule has 3 nitrogen and oxygen atoms in total. The number of piperidine rings is 1. The Morgan fingerprint density at radius 3 is 2.66 bits per heavy atom. The van der Waals surface area contributed by atoms with Gasteiger partial charge in [-0.05, 0) is 55.1 Å². The van der Waals surface area contributed by atoms with Crippen molar-refractivity contribution in [3.63, 3.8) is 0 Å². The summed E-state index contributed by atoms with van der Waals surface area (Å²) in [5.41, 5.74) is 4.29. The third-order valence-corrected chi connectivity index (χ3v) is 8.69. The zero-order valence-corrected chi connectivity index (χ0v) is 18.7. The SMILES string of the molecule is OCCC1CCCCN1Cc1cc(-c2ssc(=S)c2-c2ccccc2)ccc1O. The van der Waals surface area contributed by atoms with Crippen LogP contribution in [0.4, 0.5) is 0 Å². The first kappa shape index (κ1) is 20.7. The van der Waals surface area contributed by atoms with Gasteiger partial charge < -0.3 is 10.2 Å². The van der Waals surface area contributed by atoms with Crippen molar-refractivity contribution in [1.29, 1.82) is 0 Å². The highest BCUT2D eigenvalue weighted by Gasteiger charge is 2.23. The molecule has 1 saturated heterocycles. The molecule has 2 aromatic carbocycles. The van der Waals surface area contributed by atoms with Crippen LogP contribution in [0.2, 0.25) is 0 Å². The van der Waals surface area contributed by atoms with Gasteiger partial charge in [-0.1, -0.05) is 69.7 Å². The van der Waals surface area contributed by atoms with Crippen molar-refractivity contribution in [2.45, 2.75) is 38.3 Å². The standard InChI is InChI=1S/C23H25NO2S3/c25-13-11-19-8-4-5-12-24(19)15-18-14-17(9-10-20(18)26)22-21(23(27)29-28-22)16-6-2-1-3-7-16/h1-3,6-7,9-10,14,19,25-26H,4-5,8,11-13,15H2. The lowest BCUT2D eigenvalue weighted by molar-refractivity contribution is 0.111. The Hall–Kier alpha value is -1.57. The van der Waals surface area contributed by atoms with Gasteiger partial charge >= 0.3 is 0 Å². The van der Waals surface area contributed by atoms with E-state index < -0.39 is 0 Å². The van der Waals surface area contributed by atoms with Crippen LogP contribution >= 0.6 is 32.9 Å². The van der Waals surface area contributed by atoms with Gasteiger partial charge in [0.1, 0.15) is 9.57 Å². The van der Waals surface area contributed by atoms with Crippen LogP contribution in [0.25, 0.3) is 21.6 Å². The lowest BCUT2D eigenvalue weighted by atomic mass is 9.97. The molecule has 0 spiro atoms. The highest BCUT2D eigenvalue weighted by atomic mass is 32.9. The molecule has 1 aromatic heterocycles. The van der Waals surface area contributed by atoms with Gasteiger partial charge in [-0.15, -0.1) is 0 Å². The molecule has 2 N–H and O–H groups in total. The number of aliphatic hydroxyl groups excluding tert-OH is 1. The topological polar surface area (TPSA) is 43.7 Å². The Kier molecular flexibility index (Phi) is 6.77. The molecule has 6 heteroatoms. The normalized spacial score (nSPS) is 17.5. The summed E-state index contributed by atoms with van der Waals surface area (Å²) in [4.78, 5) is 3.57. The van der Waals surface area contributed by atoms with E-state index in [1.54, 1.807) is 26.7 Å². The highest BCUT2D eigenvalue weighted by molar-refractivity contribution is 7.80. The Bertz CT molecular complexity index is 1010. The minimum Gasteiger partial charge on any atom is -0.508 e. The van der Waals surface area contributed by atoms with Crippen LogP contribution < -0.4 is 0 Å². The molecular weight excluding hydrogens is 418 g/mol. The molecule has 1 fully saturated rings. The van der Waals surface area contributed by atoms with Gasteiger partial charge in [0.15, 0.2) is 0 Å². The zero-order chi connectivity index (χ0) is 20.2. The third-order valence-electron chi connectivity index (χ3n) is 5.62. The first-order valence-corrected chi connectivity index (χ1v) is 12.6. The average molecular weight is 444 g/mol. The first-order chi connectivity index (χ1) is 14.2. The molecule has 29 heavy (non-hydrogen) atoms. The molecule has 1 aliphatic rings. The summed E-state index contributed by atoms with van der Waals surface area (Å²) in [6, 6.07) is 16.6. The molecule has 0 aliphatic carbocycles. The van der Waals surface area contributed by atoms with Crippen LogP contribution in [0.5, 0.6) is 5.75 Å². The minimum atomic E-state index is 0.214. The van der Waals surface area contributed by atoms with Crippen LogP contribution in [0.15, 0.2) is 48.5 Å². The number of rotatable bonds is 6. The van der Waals surface area contributed by atoms with Gasteiger partial charge in [0.05, 0.1) is 4.88 Å². The Labute approximate surface area is 184 Å². The summed E-state index contributed by atoms with van der Waals surface area (Å²) in [6.07, 6.45) is 4.30. The number of hydrogen-bond acceptors (Lipinski definition) is 6. The van der Waals surface area contributed by atoms with Crippen LogP contribution in [-0.4, -0.2) is 34.3 Å². The molecule has 1 unspecified atom stereocenters. The average Bonchev–Trinajstić information content (AvgIpc) is 3.13. The molecule has 0 amide bonds. The summed E-state index contributed by atoms with van der Waals surface area (Å²) in [7, 11) is 3.33. The maximum absolute atomic E-state index is 10.5. The predicted molar refractivity (Wildman–Crippen MR) is 125 cm³/mol. The van der Waals surface area contributed by atoms with Crippen LogP contribution in [0.3, 0.4) is 0 Å². The molecule has 0 radical (unpaired) electrons. The first-order valence-electron chi connectivity index (χ1n) is 10.0. The molecule has 3 aromatic rings. The largest absolute Gasteiger partial charge is 0.508 e. The predicted octanol–water partition coefficient (Wildman–Crippen LogP) is 6.32. The summed E-state index contributed by atoms with van der Waals surface area (Å²) in [6.45, 7) is 1.94. The number of aliphatic hydroxyl groups is 1. The van der Waals surface area contributed by atoms with E-state index in [1.165, 1.54) is 12.8 Å². The van der Waals surface area contributed by atoms with Crippen molar-refractivity contribution in [2.24, 2.45) is 0 Å². The van der Waals surface area contributed by atoms with E-state index >= 15 is 0 Å². The zero-order valence-electron chi connectivity index (χ0n) is 16.2. The minimum absolute atomic E-state index is 0.214. The van der Waals surface area contributed by atoms with Gasteiger partial charge in [0.25, 0.3) is 0 Å². The van der Waals surface area contributed by atoms with Crippen molar-refractivity contribution < 1.29 is 10.2 Å². The summed E-state index contributed by atoms with van der Waals surface area (Å²) < 4.78 is 0.907. The van der Waals surface area contributed by atoms with E-state index in [4.69, 9.17) is 12.2 Å². The summed E-state index contributed by atoms with van der Waals surface area (Å²) in [5, 5.41) is 19.9. The molecule has 1 aliphatic heterocycles. The van der Waals surface area contributed by atoms with Gasteiger partial charge in [0.2, 0.25) is 0 Å². The summed E-state index contributed by atoms with van der Waals surface area (Å²) >= 11 is 5.64. The number of phenolic OH excluding ortho intramolecular Hbond substituents is 1. The fraction of sp³-hybridized carbons (Fsp3) is 0.348. The van der Waals surface area contributed by atoms with Gasteiger partial charge in [0, 0.05) is 30.3 Å². The molecule has 2 heterocycles. The number of hydrogen-bond donors (Lipinski definition) is 2. The molecular formula is C23H25NO2S3. The monoisotopic (exact) mass is 443 g/mol. The van der Waals surface area contributed by atoms with Gasteiger partial charge in [-0.25, -0.2) is 0 Å². The van der Waals surface area contributed by atoms with E-state index in [0.29, 0.717) is 18.3 Å². The van der Waals surface area contributed by atoms with Crippen LogP contribution in [-0.2, 0) is 6.54 Å². The van der Waals surface area contributed by atoms with E-state index in [9.17, 15) is 10.2 Å². The summed E-state index contributed by atoms with van der Waals surface area (Å²) in [5.74, 6) is 0.335. The number of likely N-dealkylation sites (tertiary alicyclic amines) is 1. The number of nitrogens with zero attached hydrogens (tertiary/aromatic N) is 1. The Morgan fingerprint density at radius 1 is 1.03 bits per heavy atom. The second kappa shape index (κ2) is 9.49. The molecule has 0 saturated carbocycles. The Morgan fingerprint density at radius 2 is 1.86 bits per heavy atom. The van der Waals surface area contributed by atoms with Crippen molar-refractivity contribution >= 4 is 32.9 Å². The van der Waals surface area contributed by atoms with Crippen LogP contribution in [0.1, 0.15) is 31.2 Å². The van der Waals surface area contributed by atoms with Crippen LogP contribution in [0, 0.1) is 3.82 Å². The fourth-order valence-electron chi connectivity index (χ4n) is 4.12. The smallest absolute Gasteiger partial charge is 0.120 e. The lowest BCUT2D eigenvalue weighted by Crippen LogP contribution is -2.39. The fourth-order valence-corrected chi connectivity index (χ4v) is 7.03. The quantitative estimate of drug-likeness (QED) is 0.346. The van der Waals surface area contributed by atoms with E-state index in [-0.39, 0.29) is 6.61 Å². The molecule has 0 bridgehead atoms. The van der Waals surface area contributed by atoms with E-state index in [1.807, 2.05) is 24.3 Å². The maximum Gasteiger partial charge on any atom is 0.120 e. The highest BCUT2D eigenvalue weighted by Crippen LogP contribution is 2.42. The van der Waals surface area contributed by atoms with Gasteiger partial charge in [-0.2, -0.15) is 0 Å². The third kappa shape index (κ3) is 4.62. The van der Waals surface area contributed by atoms with Gasteiger partial charge in [-0.3, -0.25) is 4.90 Å². The molecule has 152 valence electrons. The lowest BCUT2D eigenvalue weighted by Gasteiger charge is -2.35. The Balaban J connectivity index is 1.67. The number of benzene rings is 2. The van der Waals surface area contributed by atoms with Crippen molar-refractivity contribution in [3.05, 3.63) is 57.9 Å². The number of aromatic hydroxyl groups is 1. The van der Waals surface area contributed by atoms with E-state index in [2.05, 4.69) is 23.1 Å². The second-order valence-electron chi connectivity index (χ2n) is 7.50. The maximum atomic E-state index is 10.5. The van der Waals surface area contributed by atoms with Crippen molar-refractivity contribution in [3.8, 4) is 27.3 Å². The number of phenols is 1.